The van der Waals surface area contributed by atoms with Crippen LogP contribution in [0.2, 0.25) is 0 Å². The van der Waals surface area contributed by atoms with Crippen molar-refractivity contribution >= 4 is 5.78 Å². The van der Waals surface area contributed by atoms with E-state index < -0.39 is 5.92 Å². The van der Waals surface area contributed by atoms with Crippen molar-refractivity contribution in [2.45, 2.75) is 71.8 Å². The number of nitrogens with zero attached hydrogens (tertiary/aromatic N) is 1. The van der Waals surface area contributed by atoms with Crippen LogP contribution in [0.4, 0.5) is 0 Å². The van der Waals surface area contributed by atoms with Gasteiger partial charge in [-0.3, -0.25) is 4.79 Å². The van der Waals surface area contributed by atoms with Gasteiger partial charge in [-0.1, -0.05) is 19.4 Å². The third-order valence-corrected chi connectivity index (χ3v) is 8.55. The van der Waals surface area contributed by atoms with Gasteiger partial charge >= 0.3 is 0 Å². The molecule has 4 aliphatic rings. The summed E-state index contributed by atoms with van der Waals surface area (Å²) < 4.78 is 0. The van der Waals surface area contributed by atoms with Crippen LogP contribution in [0.3, 0.4) is 0 Å². The first-order chi connectivity index (χ1) is 11.3. The first-order valence-corrected chi connectivity index (χ1v) is 9.65. The van der Waals surface area contributed by atoms with Crippen molar-refractivity contribution in [3.8, 4) is 6.07 Å². The highest BCUT2D eigenvalue weighted by atomic mass is 16.3. The van der Waals surface area contributed by atoms with Crippen molar-refractivity contribution in [2.24, 2.45) is 34.5 Å². The van der Waals surface area contributed by atoms with Gasteiger partial charge in [-0.15, -0.1) is 0 Å². The highest BCUT2D eigenvalue weighted by molar-refractivity contribution is 6.00. The lowest BCUT2D eigenvalue weighted by molar-refractivity contribution is -0.122. The Balaban J connectivity index is 1.74. The number of nitriles is 1. The third-order valence-electron chi connectivity index (χ3n) is 8.55. The largest absolute Gasteiger partial charge is 0.393 e. The summed E-state index contributed by atoms with van der Waals surface area (Å²) in [6.07, 6.45) is 7.05. The molecule has 130 valence electrons. The molecule has 0 aliphatic heterocycles. The van der Waals surface area contributed by atoms with Gasteiger partial charge in [0.25, 0.3) is 0 Å². The molecule has 3 fully saturated rings. The lowest BCUT2D eigenvalue weighted by Crippen LogP contribution is -2.52. The monoisotopic (exact) mass is 327 g/mol. The molecule has 0 spiro atoms. The van der Waals surface area contributed by atoms with E-state index >= 15 is 0 Å². The number of carbonyl (C=O) groups is 1. The van der Waals surface area contributed by atoms with Gasteiger partial charge in [0, 0.05) is 0 Å². The van der Waals surface area contributed by atoms with Crippen molar-refractivity contribution in [1.82, 2.24) is 0 Å². The van der Waals surface area contributed by atoms with Crippen LogP contribution < -0.4 is 0 Å². The Morgan fingerprint density at radius 1 is 1.17 bits per heavy atom. The molecule has 0 bridgehead atoms. The van der Waals surface area contributed by atoms with E-state index in [2.05, 4.69) is 19.9 Å². The molecule has 0 saturated heterocycles. The molecule has 0 heterocycles. The zero-order valence-electron chi connectivity index (χ0n) is 15.1. The van der Waals surface area contributed by atoms with Crippen molar-refractivity contribution in [1.29, 1.82) is 5.26 Å². The quantitative estimate of drug-likeness (QED) is 0.731. The third kappa shape index (κ3) is 1.90. The first-order valence-electron chi connectivity index (χ1n) is 9.65. The number of aliphatic hydroxyl groups excluding tert-OH is 1. The van der Waals surface area contributed by atoms with Gasteiger partial charge in [0.05, 0.1) is 12.2 Å². The second kappa shape index (κ2) is 5.18. The molecule has 0 aromatic heterocycles. The Morgan fingerprint density at radius 2 is 1.92 bits per heavy atom. The molecule has 3 heteroatoms. The van der Waals surface area contributed by atoms with Crippen LogP contribution >= 0.6 is 0 Å². The second-order valence-corrected chi connectivity index (χ2v) is 9.32. The zero-order chi connectivity index (χ0) is 17.3. The number of aliphatic hydroxyl groups is 1. The molecule has 0 aromatic carbocycles. The number of hydrogen-bond acceptors (Lipinski definition) is 3. The van der Waals surface area contributed by atoms with Gasteiger partial charge in [-0.25, -0.2) is 0 Å². The highest BCUT2D eigenvalue weighted by Crippen LogP contribution is 2.66. The average Bonchev–Trinajstić information content (AvgIpc) is 2.86. The molecule has 1 N–H and O–H groups in total. The molecular weight excluding hydrogens is 298 g/mol. The van der Waals surface area contributed by atoms with Crippen LogP contribution in [0.1, 0.15) is 65.7 Å². The van der Waals surface area contributed by atoms with Crippen LogP contribution in [0.25, 0.3) is 0 Å². The van der Waals surface area contributed by atoms with Crippen LogP contribution in [0.15, 0.2) is 11.1 Å². The molecule has 0 unspecified atom stereocenters. The number of carbonyl (C=O) groups excluding carboxylic acids is 1. The minimum atomic E-state index is -0.458. The van der Waals surface area contributed by atoms with E-state index in [4.69, 9.17) is 0 Å². The Labute approximate surface area is 145 Å². The predicted octanol–water partition coefficient (Wildman–Crippen LogP) is 4.02. The highest BCUT2D eigenvalue weighted by Gasteiger charge is 2.60. The van der Waals surface area contributed by atoms with Gasteiger partial charge in [-0.05, 0) is 86.0 Å². The van der Waals surface area contributed by atoms with E-state index in [1.165, 1.54) is 5.57 Å². The average molecular weight is 327 g/mol. The number of fused-ring (bicyclic) bond motifs is 5. The number of rotatable bonds is 0. The van der Waals surface area contributed by atoms with E-state index in [-0.39, 0.29) is 22.7 Å². The SMILES string of the molecule is CC1=C2CC[C@H]3[C@@H]4CC[C@H](O)[C@@]4(C)CC[C@@H]3[C@@]2(C)C[C@@H](C#N)C1=O. The van der Waals surface area contributed by atoms with Gasteiger partial charge in [0.2, 0.25) is 0 Å². The Hall–Kier alpha value is -1.14. The van der Waals surface area contributed by atoms with Crippen LogP contribution in [0.5, 0.6) is 0 Å². The number of ketones is 1. The first kappa shape index (κ1) is 16.3. The predicted molar refractivity (Wildman–Crippen MR) is 91.8 cm³/mol. The van der Waals surface area contributed by atoms with Gasteiger partial charge < -0.3 is 5.11 Å². The fourth-order valence-electron chi connectivity index (χ4n) is 7.20. The minimum absolute atomic E-state index is 0.0101. The van der Waals surface area contributed by atoms with Crippen molar-refractivity contribution < 1.29 is 9.90 Å². The van der Waals surface area contributed by atoms with Crippen molar-refractivity contribution in [3.05, 3.63) is 11.1 Å². The summed E-state index contributed by atoms with van der Waals surface area (Å²) in [5.74, 6) is 1.45. The van der Waals surface area contributed by atoms with Crippen LogP contribution in [-0.4, -0.2) is 17.0 Å². The fourth-order valence-corrected chi connectivity index (χ4v) is 7.20. The normalized spacial score (nSPS) is 50.8. The van der Waals surface area contributed by atoms with Gasteiger partial charge in [0.15, 0.2) is 5.78 Å². The summed E-state index contributed by atoms with van der Waals surface area (Å²) in [6.45, 7) is 6.58. The maximum Gasteiger partial charge on any atom is 0.175 e. The van der Waals surface area contributed by atoms with E-state index in [1.54, 1.807) is 0 Å². The van der Waals surface area contributed by atoms with Crippen molar-refractivity contribution in [3.63, 3.8) is 0 Å². The molecular formula is C21H29NO2. The lowest BCUT2D eigenvalue weighted by atomic mass is 9.46. The molecule has 0 aromatic rings. The zero-order valence-corrected chi connectivity index (χ0v) is 15.1. The standard InChI is InChI=1S/C21H29NO2/c1-12-15-5-4-14-16-6-7-18(23)20(16,2)9-8-17(14)21(15,3)10-13(11-22)19(12)24/h13-14,16-18,23H,4-10H2,1-3H3/t13-,14-,16-,17-,18-,20-,21-/m0/s1. The summed E-state index contributed by atoms with van der Waals surface area (Å²) >= 11 is 0. The smallest absolute Gasteiger partial charge is 0.175 e. The topological polar surface area (TPSA) is 61.1 Å². The number of hydrogen-bond donors (Lipinski definition) is 1. The summed E-state index contributed by atoms with van der Waals surface area (Å²) in [5, 5.41) is 20.0. The van der Waals surface area contributed by atoms with Crippen LogP contribution in [0, 0.1) is 45.8 Å². The van der Waals surface area contributed by atoms with E-state index in [9.17, 15) is 15.2 Å². The fraction of sp³-hybridized carbons (Fsp3) is 0.810. The molecule has 7 atom stereocenters. The van der Waals surface area contributed by atoms with E-state index in [0.717, 1.165) is 44.1 Å². The second-order valence-electron chi connectivity index (χ2n) is 9.32. The van der Waals surface area contributed by atoms with E-state index in [0.29, 0.717) is 24.2 Å². The van der Waals surface area contributed by atoms with Crippen LogP contribution in [-0.2, 0) is 4.79 Å². The number of Topliss-reactive ketones (excluding diaryl/α,β-unsaturated/α-hetero) is 1. The van der Waals surface area contributed by atoms with Gasteiger partial charge in [0.1, 0.15) is 5.92 Å². The summed E-state index contributed by atoms with van der Waals surface area (Å²) in [6, 6.07) is 2.27. The van der Waals surface area contributed by atoms with Crippen molar-refractivity contribution in [2.75, 3.05) is 0 Å². The molecule has 0 amide bonds. The molecule has 0 radical (unpaired) electrons. The minimum Gasteiger partial charge on any atom is -0.393 e. The maximum atomic E-state index is 12.5. The van der Waals surface area contributed by atoms with Gasteiger partial charge in [-0.2, -0.15) is 5.26 Å². The Kier molecular flexibility index (Phi) is 3.52. The summed E-state index contributed by atoms with van der Waals surface area (Å²) in [4.78, 5) is 12.5. The molecule has 4 aliphatic carbocycles. The molecule has 3 nitrogen and oxygen atoms in total. The number of allylic oxidation sites excluding steroid dienone is 1. The molecule has 24 heavy (non-hydrogen) atoms. The lowest BCUT2D eigenvalue weighted by Gasteiger charge is -2.58. The molecule has 3 saturated carbocycles. The maximum absolute atomic E-state index is 12.5. The summed E-state index contributed by atoms with van der Waals surface area (Å²) in [7, 11) is 0. The van der Waals surface area contributed by atoms with E-state index in [1.807, 2.05) is 6.92 Å². The summed E-state index contributed by atoms with van der Waals surface area (Å²) in [5.41, 5.74) is 2.33. The Morgan fingerprint density at radius 3 is 2.62 bits per heavy atom. The Bertz CT molecular complexity index is 659. The molecule has 4 rings (SSSR count).